The van der Waals surface area contributed by atoms with E-state index in [4.69, 9.17) is 0 Å². The topological polar surface area (TPSA) is 6.48 Å². The van der Waals surface area contributed by atoms with E-state index in [1.54, 1.807) is 0 Å². The van der Waals surface area contributed by atoms with Gasteiger partial charge < -0.3 is 4.90 Å². The number of alkyl halides is 2. The van der Waals surface area contributed by atoms with Gasteiger partial charge in [0.2, 0.25) is 0 Å². The fourth-order valence-corrected chi connectivity index (χ4v) is 2.02. The maximum absolute atomic E-state index is 12.5. The second-order valence-corrected chi connectivity index (χ2v) is 3.97. The molecule has 0 aromatic carbocycles. The monoisotopic (exact) mass is 176 g/mol. The lowest BCUT2D eigenvalue weighted by molar-refractivity contribution is -0.144. The molecule has 0 saturated carbocycles. The third-order valence-corrected chi connectivity index (χ3v) is 2.75. The second-order valence-electron chi connectivity index (χ2n) is 3.97. The lowest BCUT2D eigenvalue weighted by Gasteiger charge is -2.42. The molecule has 0 radical (unpaired) electrons. The molecular formula is C8H14F2N2. The van der Waals surface area contributed by atoms with Crippen molar-refractivity contribution < 1.29 is 8.78 Å². The molecule has 2 aliphatic rings. The van der Waals surface area contributed by atoms with Crippen molar-refractivity contribution >= 4 is 0 Å². The molecule has 1 atom stereocenters. The molecular weight excluding hydrogens is 162 g/mol. The largest absolute Gasteiger partial charge is 0.305 e. The van der Waals surface area contributed by atoms with Crippen LogP contribution in [0.15, 0.2) is 0 Å². The Bertz CT molecular complexity index is 176. The van der Waals surface area contributed by atoms with Crippen molar-refractivity contribution in [1.82, 2.24) is 9.80 Å². The van der Waals surface area contributed by atoms with Crippen molar-refractivity contribution in [2.45, 2.75) is 18.4 Å². The number of hydrogen-bond donors (Lipinski definition) is 0. The van der Waals surface area contributed by atoms with Crippen LogP contribution in [0.3, 0.4) is 0 Å². The molecule has 2 heterocycles. The van der Waals surface area contributed by atoms with E-state index in [0.717, 1.165) is 19.5 Å². The number of nitrogens with zero attached hydrogens (tertiary/aromatic N) is 2. The van der Waals surface area contributed by atoms with Crippen LogP contribution in [-0.4, -0.2) is 55.0 Å². The molecule has 0 aliphatic carbocycles. The predicted molar refractivity (Wildman–Crippen MR) is 42.4 cm³/mol. The Morgan fingerprint density at radius 2 is 2.00 bits per heavy atom. The van der Waals surface area contributed by atoms with Gasteiger partial charge in [0.25, 0.3) is 5.92 Å². The third kappa shape index (κ3) is 1.45. The van der Waals surface area contributed by atoms with Gasteiger partial charge in [-0.2, -0.15) is 0 Å². The maximum atomic E-state index is 12.5. The van der Waals surface area contributed by atoms with E-state index in [1.807, 2.05) is 11.9 Å². The molecule has 0 bridgehead atoms. The molecule has 0 aromatic heterocycles. The predicted octanol–water partition coefficient (Wildman–Crippen LogP) is 0.641. The molecule has 0 unspecified atom stereocenters. The summed E-state index contributed by atoms with van der Waals surface area (Å²) in [6, 6.07) is 0.384. The van der Waals surface area contributed by atoms with Gasteiger partial charge >= 0.3 is 0 Å². The van der Waals surface area contributed by atoms with Crippen molar-refractivity contribution in [3.8, 4) is 0 Å². The highest BCUT2D eigenvalue weighted by Crippen LogP contribution is 2.30. The number of likely N-dealkylation sites (N-methyl/N-ethyl adjacent to an activating group) is 1. The van der Waals surface area contributed by atoms with Crippen molar-refractivity contribution in [1.29, 1.82) is 0 Å². The Labute approximate surface area is 71.1 Å². The van der Waals surface area contributed by atoms with Gasteiger partial charge in [-0.3, -0.25) is 4.90 Å². The van der Waals surface area contributed by atoms with Gasteiger partial charge in [0, 0.05) is 12.6 Å². The first kappa shape index (κ1) is 8.38. The van der Waals surface area contributed by atoms with E-state index >= 15 is 0 Å². The minimum Gasteiger partial charge on any atom is -0.305 e. The first-order valence-electron chi connectivity index (χ1n) is 4.37. The lowest BCUT2D eigenvalue weighted by Crippen LogP contribution is -2.60. The van der Waals surface area contributed by atoms with Crippen LogP contribution in [-0.2, 0) is 0 Å². The molecule has 4 heteroatoms. The lowest BCUT2D eigenvalue weighted by atomic mass is 10.1. The standard InChI is InChI=1S/C8H14F2N2/c1-11-3-2-7(4-11)12-5-8(9,10)6-12/h7H,2-6H2,1H3/t7-/m1/s1. The summed E-state index contributed by atoms with van der Waals surface area (Å²) in [7, 11) is 2.04. The van der Waals surface area contributed by atoms with Crippen molar-refractivity contribution in [3.63, 3.8) is 0 Å². The molecule has 0 amide bonds. The SMILES string of the molecule is CN1CC[C@@H](N2CC(F)(F)C2)C1. The molecule has 0 spiro atoms. The van der Waals surface area contributed by atoms with Gasteiger partial charge in [0.05, 0.1) is 13.1 Å². The van der Waals surface area contributed by atoms with Gasteiger partial charge in [-0.25, -0.2) is 8.78 Å². The zero-order valence-electron chi connectivity index (χ0n) is 7.26. The Morgan fingerprint density at radius 1 is 1.33 bits per heavy atom. The van der Waals surface area contributed by atoms with Crippen molar-refractivity contribution in [2.24, 2.45) is 0 Å². The summed E-state index contributed by atoms with van der Waals surface area (Å²) in [5.74, 6) is -2.40. The molecule has 2 aliphatic heterocycles. The fraction of sp³-hybridized carbons (Fsp3) is 1.00. The zero-order chi connectivity index (χ0) is 8.77. The number of rotatable bonds is 1. The minimum atomic E-state index is -2.40. The Kier molecular flexibility index (Phi) is 1.84. The van der Waals surface area contributed by atoms with Crippen LogP contribution >= 0.6 is 0 Å². The van der Waals surface area contributed by atoms with Crippen LogP contribution in [0.2, 0.25) is 0 Å². The smallest absolute Gasteiger partial charge is 0.272 e. The average molecular weight is 176 g/mol. The summed E-state index contributed by atoms with van der Waals surface area (Å²) in [6.45, 7) is 1.96. The molecule has 0 aromatic rings. The van der Waals surface area contributed by atoms with E-state index in [0.29, 0.717) is 6.04 Å². The first-order valence-corrected chi connectivity index (χ1v) is 4.37. The summed E-state index contributed by atoms with van der Waals surface area (Å²) in [6.07, 6.45) is 1.05. The minimum absolute atomic E-state index is 0.0223. The van der Waals surface area contributed by atoms with Gasteiger partial charge in [-0.05, 0) is 20.0 Å². The number of halogens is 2. The molecule has 2 saturated heterocycles. The number of likely N-dealkylation sites (tertiary alicyclic amines) is 2. The van der Waals surface area contributed by atoms with Crippen LogP contribution in [0.1, 0.15) is 6.42 Å². The summed E-state index contributed by atoms with van der Waals surface area (Å²) in [4.78, 5) is 4.09. The first-order chi connectivity index (χ1) is 5.57. The average Bonchev–Trinajstić information content (AvgIpc) is 2.30. The van der Waals surface area contributed by atoms with E-state index < -0.39 is 5.92 Å². The van der Waals surface area contributed by atoms with Crippen LogP contribution in [0.4, 0.5) is 8.78 Å². The summed E-state index contributed by atoms with van der Waals surface area (Å²) < 4.78 is 25.0. The highest BCUT2D eigenvalue weighted by Gasteiger charge is 2.47. The van der Waals surface area contributed by atoms with Gasteiger partial charge in [0.1, 0.15) is 0 Å². The van der Waals surface area contributed by atoms with Crippen LogP contribution in [0.25, 0.3) is 0 Å². The molecule has 2 fully saturated rings. The van der Waals surface area contributed by atoms with E-state index in [2.05, 4.69) is 4.90 Å². The highest BCUT2D eigenvalue weighted by atomic mass is 19.3. The molecule has 70 valence electrons. The maximum Gasteiger partial charge on any atom is 0.272 e. The van der Waals surface area contributed by atoms with Crippen LogP contribution < -0.4 is 0 Å². The van der Waals surface area contributed by atoms with E-state index in [-0.39, 0.29) is 13.1 Å². The molecule has 12 heavy (non-hydrogen) atoms. The third-order valence-electron chi connectivity index (χ3n) is 2.75. The van der Waals surface area contributed by atoms with Crippen LogP contribution in [0.5, 0.6) is 0 Å². The summed E-state index contributed by atoms with van der Waals surface area (Å²) in [5, 5.41) is 0. The number of hydrogen-bond acceptors (Lipinski definition) is 2. The highest BCUT2D eigenvalue weighted by molar-refractivity contribution is 4.94. The molecule has 2 nitrogen and oxygen atoms in total. The Balaban J connectivity index is 1.81. The van der Waals surface area contributed by atoms with E-state index in [1.165, 1.54) is 0 Å². The zero-order valence-corrected chi connectivity index (χ0v) is 7.26. The van der Waals surface area contributed by atoms with E-state index in [9.17, 15) is 8.78 Å². The van der Waals surface area contributed by atoms with Gasteiger partial charge in [0.15, 0.2) is 0 Å². The van der Waals surface area contributed by atoms with Crippen LogP contribution in [0, 0.1) is 0 Å². The summed E-state index contributed by atoms with van der Waals surface area (Å²) >= 11 is 0. The summed E-state index contributed by atoms with van der Waals surface area (Å²) in [5.41, 5.74) is 0. The second kappa shape index (κ2) is 2.64. The molecule has 0 N–H and O–H groups in total. The van der Waals surface area contributed by atoms with Crippen molar-refractivity contribution in [2.75, 3.05) is 33.2 Å². The van der Waals surface area contributed by atoms with Gasteiger partial charge in [-0.15, -0.1) is 0 Å². The fourth-order valence-electron chi connectivity index (χ4n) is 2.02. The quantitative estimate of drug-likeness (QED) is 0.578. The van der Waals surface area contributed by atoms with Crippen molar-refractivity contribution in [3.05, 3.63) is 0 Å². The Morgan fingerprint density at radius 3 is 2.42 bits per heavy atom. The molecule has 2 rings (SSSR count). The normalized spacial score (nSPS) is 36.8. The van der Waals surface area contributed by atoms with Gasteiger partial charge in [-0.1, -0.05) is 0 Å². The Hall–Kier alpha value is -0.220.